The van der Waals surface area contributed by atoms with Crippen molar-refractivity contribution >= 4 is 34.4 Å². The van der Waals surface area contributed by atoms with Crippen molar-refractivity contribution < 1.29 is 9.59 Å². The number of nitrogens with one attached hydrogen (secondary N) is 2. The highest BCUT2D eigenvalue weighted by Gasteiger charge is 2.16. The van der Waals surface area contributed by atoms with Crippen LogP contribution < -0.4 is 10.9 Å². The van der Waals surface area contributed by atoms with Crippen LogP contribution >= 0.6 is 11.6 Å². The molecule has 7 heteroatoms. The third-order valence-electron chi connectivity index (χ3n) is 5.43. The van der Waals surface area contributed by atoms with Crippen molar-refractivity contribution in [1.82, 2.24) is 20.8 Å². The fourth-order valence-corrected chi connectivity index (χ4v) is 3.91. The van der Waals surface area contributed by atoms with Crippen LogP contribution in [0.15, 0.2) is 103 Å². The number of hydrogen-bond donors (Lipinski definition) is 2. The molecule has 1 aromatic heterocycles. The van der Waals surface area contributed by atoms with Crippen molar-refractivity contribution in [2.75, 3.05) is 0 Å². The Balaban J connectivity index is 1.47. The zero-order chi connectivity index (χ0) is 24.2. The lowest BCUT2D eigenvalue weighted by Crippen LogP contribution is -2.41. The summed E-state index contributed by atoms with van der Waals surface area (Å²) in [5.41, 5.74) is 9.98. The highest BCUT2D eigenvalue weighted by atomic mass is 35.5. The topological polar surface area (TPSA) is 84.0 Å². The standard InChI is InChI=1S/C28H19ClN4O2/c29-22-14-8-7-13-21(22)28(35)33-32-27(34)20-15-16-23-24(17-20)31-26(19-11-5-2-6-12-19)25(30-23)18-9-3-1-4-10-18/h1-17H,(H,32,34)(H,33,35). The maximum absolute atomic E-state index is 12.7. The Morgan fingerprint density at radius 3 is 1.77 bits per heavy atom. The van der Waals surface area contributed by atoms with E-state index in [2.05, 4.69) is 10.9 Å². The Kier molecular flexibility index (Phi) is 6.20. The molecule has 0 aliphatic carbocycles. The lowest BCUT2D eigenvalue weighted by Gasteiger charge is -2.12. The molecule has 35 heavy (non-hydrogen) atoms. The molecule has 2 amide bonds. The number of carbonyl (C=O) groups is 2. The number of halogens is 1. The van der Waals surface area contributed by atoms with E-state index < -0.39 is 11.8 Å². The average molecular weight is 479 g/mol. The number of fused-ring (bicyclic) bond motifs is 1. The Morgan fingerprint density at radius 1 is 0.600 bits per heavy atom. The molecule has 0 saturated carbocycles. The van der Waals surface area contributed by atoms with Gasteiger partial charge in [-0.25, -0.2) is 9.97 Å². The van der Waals surface area contributed by atoms with Crippen LogP contribution in [0.3, 0.4) is 0 Å². The molecule has 0 radical (unpaired) electrons. The SMILES string of the molecule is O=C(NNC(=O)c1ccccc1Cl)c1ccc2nc(-c3ccccc3)c(-c3ccccc3)nc2c1. The minimum Gasteiger partial charge on any atom is -0.267 e. The molecule has 0 saturated heterocycles. The van der Waals surface area contributed by atoms with E-state index in [1.54, 1.807) is 42.5 Å². The number of amides is 2. The molecular formula is C28H19ClN4O2. The van der Waals surface area contributed by atoms with Gasteiger partial charge in [-0.1, -0.05) is 84.4 Å². The number of nitrogens with zero attached hydrogens (tertiary/aromatic N) is 2. The monoisotopic (exact) mass is 478 g/mol. The van der Waals surface area contributed by atoms with E-state index in [1.165, 1.54) is 0 Å². The molecule has 170 valence electrons. The van der Waals surface area contributed by atoms with Gasteiger partial charge in [0, 0.05) is 16.7 Å². The summed E-state index contributed by atoms with van der Waals surface area (Å²) >= 11 is 6.05. The van der Waals surface area contributed by atoms with Gasteiger partial charge in [0.1, 0.15) is 0 Å². The van der Waals surface area contributed by atoms with Gasteiger partial charge in [-0.15, -0.1) is 0 Å². The first kappa shape index (κ1) is 22.3. The van der Waals surface area contributed by atoms with Crippen LogP contribution in [0.1, 0.15) is 20.7 Å². The van der Waals surface area contributed by atoms with Crippen LogP contribution in [0.4, 0.5) is 0 Å². The summed E-state index contributed by atoms with van der Waals surface area (Å²) in [6.07, 6.45) is 0. The molecule has 0 aliphatic heterocycles. The second kappa shape index (κ2) is 9.75. The van der Waals surface area contributed by atoms with E-state index in [0.29, 0.717) is 27.3 Å². The normalized spacial score (nSPS) is 10.7. The molecule has 5 aromatic rings. The zero-order valence-electron chi connectivity index (χ0n) is 18.4. The predicted octanol–water partition coefficient (Wildman–Crippen LogP) is 5.69. The summed E-state index contributed by atoms with van der Waals surface area (Å²) in [6, 6.07) is 31.3. The molecule has 0 spiro atoms. The third kappa shape index (κ3) is 4.74. The molecule has 1 heterocycles. The first-order chi connectivity index (χ1) is 17.1. The largest absolute Gasteiger partial charge is 0.271 e. The summed E-state index contributed by atoms with van der Waals surface area (Å²) < 4.78 is 0. The Hall–Kier alpha value is -4.55. The van der Waals surface area contributed by atoms with Crippen LogP contribution in [0.2, 0.25) is 5.02 Å². The van der Waals surface area contributed by atoms with E-state index in [4.69, 9.17) is 21.6 Å². The van der Waals surface area contributed by atoms with Crippen molar-refractivity contribution in [3.63, 3.8) is 0 Å². The van der Waals surface area contributed by atoms with Crippen molar-refractivity contribution in [3.8, 4) is 22.5 Å². The zero-order valence-corrected chi connectivity index (χ0v) is 19.2. The number of hydrogen-bond acceptors (Lipinski definition) is 4. The van der Waals surface area contributed by atoms with Gasteiger partial charge in [-0.2, -0.15) is 0 Å². The van der Waals surface area contributed by atoms with Crippen molar-refractivity contribution in [2.24, 2.45) is 0 Å². The van der Waals surface area contributed by atoms with Gasteiger partial charge in [0.2, 0.25) is 0 Å². The van der Waals surface area contributed by atoms with E-state index in [1.807, 2.05) is 60.7 Å². The lowest BCUT2D eigenvalue weighted by atomic mass is 10.0. The van der Waals surface area contributed by atoms with Gasteiger partial charge in [-0.05, 0) is 30.3 Å². The fourth-order valence-electron chi connectivity index (χ4n) is 3.69. The molecule has 0 unspecified atom stereocenters. The summed E-state index contributed by atoms with van der Waals surface area (Å²) in [5.74, 6) is -0.995. The third-order valence-corrected chi connectivity index (χ3v) is 5.76. The van der Waals surface area contributed by atoms with Gasteiger partial charge >= 0.3 is 0 Å². The van der Waals surface area contributed by atoms with Crippen LogP contribution in [-0.2, 0) is 0 Å². The van der Waals surface area contributed by atoms with E-state index in [9.17, 15) is 9.59 Å². The highest BCUT2D eigenvalue weighted by Crippen LogP contribution is 2.31. The van der Waals surface area contributed by atoms with E-state index in [0.717, 1.165) is 16.8 Å². The average Bonchev–Trinajstić information content (AvgIpc) is 2.91. The van der Waals surface area contributed by atoms with Crippen LogP contribution in [-0.4, -0.2) is 21.8 Å². The van der Waals surface area contributed by atoms with Crippen LogP contribution in [0.25, 0.3) is 33.5 Å². The minimum absolute atomic E-state index is 0.264. The smallest absolute Gasteiger partial charge is 0.267 e. The van der Waals surface area contributed by atoms with Crippen molar-refractivity contribution in [2.45, 2.75) is 0 Å². The Morgan fingerprint density at radius 2 is 1.14 bits per heavy atom. The molecule has 6 nitrogen and oxygen atoms in total. The molecule has 2 N–H and O–H groups in total. The number of carbonyl (C=O) groups excluding carboxylic acids is 2. The number of aromatic nitrogens is 2. The minimum atomic E-state index is -0.511. The number of rotatable bonds is 4. The Bertz CT molecular complexity index is 1540. The van der Waals surface area contributed by atoms with Crippen LogP contribution in [0, 0.1) is 0 Å². The second-order valence-corrected chi connectivity index (χ2v) is 8.15. The summed E-state index contributed by atoms with van der Waals surface area (Å²) in [6.45, 7) is 0. The van der Waals surface area contributed by atoms with Crippen LogP contribution in [0.5, 0.6) is 0 Å². The Labute approximate surface area is 206 Å². The lowest BCUT2D eigenvalue weighted by molar-refractivity contribution is 0.0847. The summed E-state index contributed by atoms with van der Waals surface area (Å²) in [7, 11) is 0. The van der Waals surface area contributed by atoms with Crippen molar-refractivity contribution in [1.29, 1.82) is 0 Å². The van der Waals surface area contributed by atoms with Gasteiger partial charge in [0.25, 0.3) is 11.8 Å². The second-order valence-electron chi connectivity index (χ2n) is 7.74. The first-order valence-corrected chi connectivity index (χ1v) is 11.3. The van der Waals surface area contributed by atoms with E-state index in [-0.39, 0.29) is 5.56 Å². The fraction of sp³-hybridized carbons (Fsp3) is 0. The summed E-state index contributed by atoms with van der Waals surface area (Å²) in [5, 5.41) is 0.294. The molecule has 5 rings (SSSR count). The quantitative estimate of drug-likeness (QED) is 0.325. The predicted molar refractivity (Wildman–Crippen MR) is 137 cm³/mol. The highest BCUT2D eigenvalue weighted by molar-refractivity contribution is 6.33. The maximum Gasteiger partial charge on any atom is 0.271 e. The molecule has 4 aromatic carbocycles. The number of benzene rings is 4. The van der Waals surface area contributed by atoms with Gasteiger partial charge in [0.15, 0.2) is 0 Å². The molecule has 0 aliphatic rings. The first-order valence-electron chi connectivity index (χ1n) is 10.9. The van der Waals surface area contributed by atoms with E-state index >= 15 is 0 Å². The molecule has 0 fully saturated rings. The molecule has 0 atom stereocenters. The van der Waals surface area contributed by atoms with Gasteiger partial charge < -0.3 is 0 Å². The maximum atomic E-state index is 12.7. The molecular weight excluding hydrogens is 460 g/mol. The van der Waals surface area contributed by atoms with Gasteiger partial charge in [0.05, 0.1) is 33.0 Å². The van der Waals surface area contributed by atoms with Crippen molar-refractivity contribution in [3.05, 3.63) is 119 Å². The number of hydrazine groups is 1. The molecule has 0 bridgehead atoms. The summed E-state index contributed by atoms with van der Waals surface area (Å²) in [4.78, 5) is 34.8. The van der Waals surface area contributed by atoms with Gasteiger partial charge in [-0.3, -0.25) is 20.4 Å².